The number of unbranched alkanes of at least 4 members (excludes halogenated alkanes) is 1. The minimum atomic E-state index is -1.72. The van der Waals surface area contributed by atoms with Gasteiger partial charge >= 0.3 is 17.9 Å². The fraction of sp³-hybridized carbons (Fsp3) is 0.476. The standard InChI is InChI=1S/C21H24O11/c1-2-3-6-11-10-5-4-7-12(16(10)20(28)30-11)31-21-19(27)18(26)17(25)13(32-21)9-29-15(24)8-14(22)23/h4-7,13,17-19,21,25-27H,2-3,8-9H2,1H3,(H,22,23)/b11-6+/t13-,17-,18+,19-,21-/m1/s1. The van der Waals surface area contributed by atoms with E-state index in [1.165, 1.54) is 6.07 Å². The van der Waals surface area contributed by atoms with Gasteiger partial charge in [0.25, 0.3) is 0 Å². The molecule has 5 atom stereocenters. The van der Waals surface area contributed by atoms with E-state index in [0.717, 1.165) is 6.42 Å². The van der Waals surface area contributed by atoms with E-state index in [9.17, 15) is 29.7 Å². The van der Waals surface area contributed by atoms with Crippen LogP contribution in [-0.4, -0.2) is 75.6 Å². The summed E-state index contributed by atoms with van der Waals surface area (Å²) in [6.45, 7) is 1.39. The van der Waals surface area contributed by atoms with Crippen LogP contribution in [0, 0.1) is 0 Å². The molecular weight excluding hydrogens is 428 g/mol. The van der Waals surface area contributed by atoms with E-state index in [1.54, 1.807) is 18.2 Å². The molecule has 0 radical (unpaired) electrons. The van der Waals surface area contributed by atoms with Crippen LogP contribution in [0.2, 0.25) is 0 Å². The second kappa shape index (κ2) is 10.1. The van der Waals surface area contributed by atoms with E-state index in [1.807, 2.05) is 6.92 Å². The van der Waals surface area contributed by atoms with Crippen LogP contribution in [0.4, 0.5) is 0 Å². The zero-order valence-corrected chi connectivity index (χ0v) is 17.2. The number of hydrogen-bond acceptors (Lipinski definition) is 10. The number of aliphatic hydroxyl groups is 3. The van der Waals surface area contributed by atoms with Gasteiger partial charge in [-0.1, -0.05) is 25.5 Å². The molecule has 1 aromatic rings. The summed E-state index contributed by atoms with van der Waals surface area (Å²) in [5.74, 6) is -2.69. The molecule has 3 rings (SSSR count). The van der Waals surface area contributed by atoms with Crippen molar-refractivity contribution >= 4 is 23.7 Å². The van der Waals surface area contributed by atoms with Gasteiger partial charge in [0.2, 0.25) is 6.29 Å². The number of cyclic esters (lactones) is 1. The van der Waals surface area contributed by atoms with Crippen LogP contribution < -0.4 is 4.74 Å². The lowest BCUT2D eigenvalue weighted by molar-refractivity contribution is -0.278. The Balaban J connectivity index is 1.77. The van der Waals surface area contributed by atoms with Crippen molar-refractivity contribution in [3.05, 3.63) is 35.4 Å². The van der Waals surface area contributed by atoms with Crippen molar-refractivity contribution in [2.75, 3.05) is 6.61 Å². The third-order valence-electron chi connectivity index (χ3n) is 4.93. The lowest BCUT2D eigenvalue weighted by Gasteiger charge is -2.40. The summed E-state index contributed by atoms with van der Waals surface area (Å²) in [5, 5.41) is 39.2. The third-order valence-corrected chi connectivity index (χ3v) is 4.93. The second-order valence-corrected chi connectivity index (χ2v) is 7.31. The zero-order chi connectivity index (χ0) is 23.4. The Labute approximate surface area is 182 Å². The Hall–Kier alpha value is -2.99. The number of carbonyl (C=O) groups excluding carboxylic acids is 2. The number of allylic oxidation sites excluding steroid dienone is 1. The summed E-state index contributed by atoms with van der Waals surface area (Å²) in [6, 6.07) is 4.75. The minimum absolute atomic E-state index is 0.0293. The first-order valence-electron chi connectivity index (χ1n) is 10.0. The number of carbonyl (C=O) groups is 3. The van der Waals surface area contributed by atoms with Gasteiger partial charge in [-0.15, -0.1) is 0 Å². The maximum absolute atomic E-state index is 12.4. The molecule has 11 heteroatoms. The predicted octanol–water partition coefficient (Wildman–Crippen LogP) is 0.202. The number of benzene rings is 1. The van der Waals surface area contributed by atoms with Gasteiger partial charge in [-0.3, -0.25) is 9.59 Å². The van der Waals surface area contributed by atoms with Crippen molar-refractivity contribution in [3.63, 3.8) is 0 Å². The Morgan fingerprint density at radius 3 is 2.59 bits per heavy atom. The number of rotatable bonds is 8. The fourth-order valence-corrected chi connectivity index (χ4v) is 3.30. The molecule has 2 aliphatic rings. The van der Waals surface area contributed by atoms with Gasteiger partial charge in [0.1, 0.15) is 54.5 Å². The van der Waals surface area contributed by atoms with Crippen molar-refractivity contribution < 1.29 is 53.8 Å². The van der Waals surface area contributed by atoms with E-state index in [0.29, 0.717) is 17.7 Å². The van der Waals surface area contributed by atoms with Crippen LogP contribution in [0.25, 0.3) is 5.76 Å². The molecular formula is C21H24O11. The summed E-state index contributed by atoms with van der Waals surface area (Å²) < 4.78 is 21.1. The number of aliphatic carboxylic acids is 1. The lowest BCUT2D eigenvalue weighted by atomic mass is 9.99. The molecule has 0 aliphatic carbocycles. The van der Waals surface area contributed by atoms with E-state index in [-0.39, 0.29) is 11.3 Å². The minimum Gasteiger partial charge on any atom is -0.481 e. The SMILES string of the molecule is CCC/C=C1/OC(=O)c2c(O[C@@H]3O[C@H](COC(=O)CC(=O)O)[C@@H](O)[C@H](O)[C@H]3O)cccc21. The van der Waals surface area contributed by atoms with E-state index in [2.05, 4.69) is 0 Å². The Morgan fingerprint density at radius 1 is 1.16 bits per heavy atom. The monoisotopic (exact) mass is 452 g/mol. The highest BCUT2D eigenvalue weighted by Crippen LogP contribution is 2.37. The van der Waals surface area contributed by atoms with Gasteiger partial charge in [-0.25, -0.2) is 4.79 Å². The summed E-state index contributed by atoms with van der Waals surface area (Å²) in [7, 11) is 0. The maximum Gasteiger partial charge on any atom is 0.348 e. The van der Waals surface area contributed by atoms with Crippen LogP contribution in [0.1, 0.15) is 42.1 Å². The van der Waals surface area contributed by atoms with Gasteiger partial charge in [0.15, 0.2) is 0 Å². The fourth-order valence-electron chi connectivity index (χ4n) is 3.30. The normalized spacial score (nSPS) is 28.2. The van der Waals surface area contributed by atoms with E-state index < -0.39 is 61.6 Å². The van der Waals surface area contributed by atoms with Gasteiger partial charge in [0.05, 0.1) is 0 Å². The molecule has 2 aliphatic heterocycles. The first-order chi connectivity index (χ1) is 15.2. The van der Waals surface area contributed by atoms with E-state index in [4.69, 9.17) is 24.1 Å². The molecule has 0 aromatic heterocycles. The van der Waals surface area contributed by atoms with Crippen molar-refractivity contribution in [1.29, 1.82) is 0 Å². The average molecular weight is 452 g/mol. The number of carboxylic acid groups (broad SMARTS) is 1. The number of aliphatic hydroxyl groups excluding tert-OH is 3. The molecule has 4 N–H and O–H groups in total. The predicted molar refractivity (Wildman–Crippen MR) is 105 cm³/mol. The molecule has 2 heterocycles. The first kappa shape index (κ1) is 23.7. The Morgan fingerprint density at radius 2 is 1.91 bits per heavy atom. The average Bonchev–Trinajstić information content (AvgIpc) is 3.07. The molecule has 1 saturated heterocycles. The summed E-state index contributed by atoms with van der Waals surface area (Å²) in [5.41, 5.74) is 0.627. The molecule has 0 bridgehead atoms. The molecule has 0 spiro atoms. The highest BCUT2D eigenvalue weighted by molar-refractivity contribution is 6.05. The summed E-state index contributed by atoms with van der Waals surface area (Å²) >= 11 is 0. The molecule has 1 fully saturated rings. The third kappa shape index (κ3) is 5.07. The molecule has 32 heavy (non-hydrogen) atoms. The van der Waals surface area contributed by atoms with Crippen LogP contribution >= 0.6 is 0 Å². The molecule has 0 amide bonds. The molecule has 174 valence electrons. The van der Waals surface area contributed by atoms with Crippen molar-refractivity contribution in [3.8, 4) is 5.75 Å². The Bertz CT molecular complexity index is 909. The largest absolute Gasteiger partial charge is 0.481 e. The second-order valence-electron chi connectivity index (χ2n) is 7.31. The van der Waals surface area contributed by atoms with Crippen LogP contribution in [0.5, 0.6) is 5.75 Å². The van der Waals surface area contributed by atoms with Crippen molar-refractivity contribution in [1.82, 2.24) is 0 Å². The van der Waals surface area contributed by atoms with E-state index >= 15 is 0 Å². The summed E-state index contributed by atoms with van der Waals surface area (Å²) in [6.07, 6.45) is -5.46. The molecule has 0 saturated carbocycles. The van der Waals surface area contributed by atoms with Crippen molar-refractivity contribution in [2.24, 2.45) is 0 Å². The number of esters is 2. The Kier molecular flexibility index (Phi) is 7.46. The van der Waals surface area contributed by atoms with Crippen molar-refractivity contribution in [2.45, 2.75) is 56.9 Å². The summed E-state index contributed by atoms with van der Waals surface area (Å²) in [4.78, 5) is 34.4. The van der Waals surface area contributed by atoms with Crippen LogP contribution in [0.3, 0.4) is 0 Å². The number of carboxylic acids is 1. The topological polar surface area (TPSA) is 169 Å². The number of hydrogen-bond donors (Lipinski definition) is 4. The lowest BCUT2D eigenvalue weighted by Crippen LogP contribution is -2.60. The van der Waals surface area contributed by atoms with Gasteiger partial charge < -0.3 is 39.4 Å². The first-order valence-corrected chi connectivity index (χ1v) is 10.0. The number of ether oxygens (including phenoxy) is 4. The molecule has 0 unspecified atom stereocenters. The van der Waals surface area contributed by atoms with Gasteiger partial charge in [0, 0.05) is 5.56 Å². The molecule has 1 aromatic carbocycles. The maximum atomic E-state index is 12.4. The van der Waals surface area contributed by atoms with Gasteiger partial charge in [-0.2, -0.15) is 0 Å². The zero-order valence-electron chi connectivity index (χ0n) is 17.2. The quantitative estimate of drug-likeness (QED) is 0.314. The highest BCUT2D eigenvalue weighted by atomic mass is 16.7. The highest BCUT2D eigenvalue weighted by Gasteiger charge is 2.46. The molecule has 11 nitrogen and oxygen atoms in total. The van der Waals surface area contributed by atoms with Gasteiger partial charge in [-0.05, 0) is 18.6 Å². The smallest absolute Gasteiger partial charge is 0.348 e. The number of fused-ring (bicyclic) bond motifs is 1. The van der Waals surface area contributed by atoms with Crippen LogP contribution in [0.15, 0.2) is 24.3 Å². The van der Waals surface area contributed by atoms with Crippen LogP contribution in [-0.2, 0) is 23.8 Å².